The monoisotopic (exact) mass is 432 g/mol. The highest BCUT2D eigenvalue weighted by Crippen LogP contribution is 2.36. The lowest BCUT2D eigenvalue weighted by atomic mass is 10.0. The van der Waals surface area contributed by atoms with E-state index in [1.54, 1.807) is 43.3 Å². The third-order valence-electron chi connectivity index (χ3n) is 5.24. The van der Waals surface area contributed by atoms with E-state index in [9.17, 15) is 9.18 Å². The zero-order valence-electron chi connectivity index (χ0n) is 17.8. The van der Waals surface area contributed by atoms with Crippen LogP contribution in [0.3, 0.4) is 0 Å². The summed E-state index contributed by atoms with van der Waals surface area (Å²) in [4.78, 5) is 17.3. The Morgan fingerprint density at radius 1 is 1.22 bits per heavy atom. The molecule has 32 heavy (non-hydrogen) atoms. The van der Waals surface area contributed by atoms with Gasteiger partial charge in [-0.1, -0.05) is 0 Å². The molecule has 0 spiro atoms. The molecule has 2 aromatic carbocycles. The molecule has 6 nitrogen and oxygen atoms in total. The number of benzene rings is 2. The van der Waals surface area contributed by atoms with Crippen molar-refractivity contribution in [1.29, 1.82) is 0 Å². The first-order chi connectivity index (χ1) is 15.4. The number of hydrogen-bond donors (Lipinski definition) is 3. The molecule has 1 aromatic heterocycles. The van der Waals surface area contributed by atoms with Gasteiger partial charge in [0.2, 0.25) is 0 Å². The van der Waals surface area contributed by atoms with Crippen LogP contribution in [0.2, 0.25) is 0 Å². The number of carbonyl (C=O) groups is 1. The molecule has 0 atom stereocenters. The number of nitrogens with zero attached hydrogens (tertiary/aromatic N) is 1. The van der Waals surface area contributed by atoms with Crippen molar-refractivity contribution in [1.82, 2.24) is 10.3 Å². The van der Waals surface area contributed by atoms with Crippen LogP contribution in [0.5, 0.6) is 5.75 Å². The van der Waals surface area contributed by atoms with E-state index in [0.717, 1.165) is 29.0 Å². The van der Waals surface area contributed by atoms with Crippen molar-refractivity contribution in [2.24, 2.45) is 5.73 Å². The molecule has 0 unspecified atom stereocenters. The van der Waals surface area contributed by atoms with Gasteiger partial charge in [0.05, 0.1) is 6.61 Å². The van der Waals surface area contributed by atoms with Gasteiger partial charge in [0.1, 0.15) is 17.3 Å². The summed E-state index contributed by atoms with van der Waals surface area (Å²) < 4.78 is 19.1. The second-order valence-electron chi connectivity index (χ2n) is 7.79. The predicted molar refractivity (Wildman–Crippen MR) is 124 cm³/mol. The average Bonchev–Trinajstić information content (AvgIpc) is 3.23. The second kappa shape index (κ2) is 9.09. The fourth-order valence-electron chi connectivity index (χ4n) is 3.68. The summed E-state index contributed by atoms with van der Waals surface area (Å²) in [6.07, 6.45) is 3.09. The number of pyridine rings is 1. The smallest absolute Gasteiger partial charge is 0.251 e. The van der Waals surface area contributed by atoms with Gasteiger partial charge < -0.3 is 21.5 Å². The fourth-order valence-corrected chi connectivity index (χ4v) is 3.68. The number of ether oxygens (including phenoxy) is 1. The molecular weight excluding hydrogens is 407 g/mol. The van der Waals surface area contributed by atoms with Crippen LogP contribution in [0.15, 0.2) is 54.2 Å². The van der Waals surface area contributed by atoms with Gasteiger partial charge in [0.15, 0.2) is 0 Å². The molecule has 3 aromatic rings. The molecule has 1 aliphatic rings. The summed E-state index contributed by atoms with van der Waals surface area (Å²) in [6.45, 7) is 2.78. The Kier molecular flexibility index (Phi) is 6.07. The molecule has 7 heteroatoms. The molecule has 5 N–H and O–H groups in total. The summed E-state index contributed by atoms with van der Waals surface area (Å²) >= 11 is 0. The number of aromatic nitrogens is 1. The van der Waals surface area contributed by atoms with Gasteiger partial charge >= 0.3 is 0 Å². The average molecular weight is 432 g/mol. The minimum Gasteiger partial charge on any atom is -0.491 e. The van der Waals surface area contributed by atoms with E-state index < -0.39 is 0 Å². The molecule has 0 fully saturated rings. The number of halogens is 1. The number of anilines is 1. The standard InChI is InChI=1S/C25H25FN4O2/c1-15(27)12-19-13-18(4-7-22(19)28)25(31)29-10-8-21-14-17-9-11-32-24(17)23(30-21)16-2-5-20(26)6-3-16/h2-7,12-14H,8-11,27-28H2,1H3,(H,29,31)/b15-12-. The first kappa shape index (κ1) is 21.4. The van der Waals surface area contributed by atoms with Crippen molar-refractivity contribution in [3.8, 4) is 17.0 Å². The summed E-state index contributed by atoms with van der Waals surface area (Å²) in [7, 11) is 0. The molecular formula is C25H25FN4O2. The quantitative estimate of drug-likeness (QED) is 0.516. The number of carbonyl (C=O) groups excluding carboxylic acids is 1. The van der Waals surface area contributed by atoms with Crippen LogP contribution in [0.25, 0.3) is 17.3 Å². The zero-order chi connectivity index (χ0) is 22.7. The number of nitrogen functional groups attached to an aromatic ring is 1. The number of allylic oxidation sites excluding steroid dienone is 1. The van der Waals surface area contributed by atoms with Crippen molar-refractivity contribution in [3.63, 3.8) is 0 Å². The summed E-state index contributed by atoms with van der Waals surface area (Å²) in [6, 6.07) is 13.3. The number of amides is 1. The fraction of sp³-hybridized carbons (Fsp3) is 0.200. The molecule has 2 heterocycles. The molecule has 164 valence electrons. The Bertz CT molecular complexity index is 1190. The highest BCUT2D eigenvalue weighted by molar-refractivity contribution is 5.95. The van der Waals surface area contributed by atoms with Gasteiger partial charge in [-0.2, -0.15) is 0 Å². The molecule has 0 bridgehead atoms. The predicted octanol–water partition coefficient (Wildman–Crippen LogP) is 3.70. The van der Waals surface area contributed by atoms with Crippen molar-refractivity contribution in [3.05, 3.63) is 82.4 Å². The topological polar surface area (TPSA) is 103 Å². The number of hydrogen-bond acceptors (Lipinski definition) is 5. The molecule has 0 aliphatic carbocycles. The van der Waals surface area contributed by atoms with Gasteiger partial charge in [-0.05, 0) is 67.1 Å². The normalized spacial score (nSPS) is 12.9. The Morgan fingerprint density at radius 2 is 2.00 bits per heavy atom. The number of rotatable bonds is 6. The van der Waals surface area contributed by atoms with E-state index in [0.29, 0.717) is 47.8 Å². The van der Waals surface area contributed by atoms with Crippen LogP contribution in [0, 0.1) is 5.82 Å². The minimum absolute atomic E-state index is 0.197. The third kappa shape index (κ3) is 4.72. The lowest BCUT2D eigenvalue weighted by Gasteiger charge is -2.11. The Balaban J connectivity index is 1.48. The number of nitrogens with two attached hydrogens (primary N) is 2. The zero-order valence-corrected chi connectivity index (χ0v) is 17.8. The Hall–Kier alpha value is -3.87. The highest BCUT2D eigenvalue weighted by atomic mass is 19.1. The molecule has 0 saturated carbocycles. The number of fused-ring (bicyclic) bond motifs is 1. The van der Waals surface area contributed by atoms with Crippen molar-refractivity contribution < 1.29 is 13.9 Å². The van der Waals surface area contributed by atoms with Crippen molar-refractivity contribution in [2.75, 3.05) is 18.9 Å². The maximum Gasteiger partial charge on any atom is 0.251 e. The molecule has 4 rings (SSSR count). The van der Waals surface area contributed by atoms with Gasteiger partial charge in [-0.25, -0.2) is 9.37 Å². The van der Waals surface area contributed by atoms with E-state index in [-0.39, 0.29) is 11.7 Å². The lowest BCUT2D eigenvalue weighted by Crippen LogP contribution is -2.26. The van der Waals surface area contributed by atoms with Crippen LogP contribution in [0.4, 0.5) is 10.1 Å². The second-order valence-corrected chi connectivity index (χ2v) is 7.79. The summed E-state index contributed by atoms with van der Waals surface area (Å²) in [5.41, 5.74) is 17.5. The third-order valence-corrected chi connectivity index (χ3v) is 5.24. The van der Waals surface area contributed by atoms with E-state index in [4.69, 9.17) is 21.2 Å². The molecule has 1 amide bonds. The maximum atomic E-state index is 13.3. The van der Waals surface area contributed by atoms with Crippen LogP contribution in [-0.4, -0.2) is 24.0 Å². The summed E-state index contributed by atoms with van der Waals surface area (Å²) in [5, 5.41) is 2.93. The Morgan fingerprint density at radius 3 is 2.75 bits per heavy atom. The van der Waals surface area contributed by atoms with Crippen LogP contribution < -0.4 is 21.5 Å². The lowest BCUT2D eigenvalue weighted by molar-refractivity contribution is 0.0954. The minimum atomic E-state index is -0.298. The van der Waals surface area contributed by atoms with Gasteiger partial charge in [-0.15, -0.1) is 0 Å². The van der Waals surface area contributed by atoms with E-state index in [1.165, 1.54) is 12.1 Å². The van der Waals surface area contributed by atoms with Crippen molar-refractivity contribution >= 4 is 17.7 Å². The van der Waals surface area contributed by atoms with Crippen LogP contribution >= 0.6 is 0 Å². The maximum absolute atomic E-state index is 13.3. The van der Waals surface area contributed by atoms with E-state index in [1.807, 2.05) is 6.07 Å². The van der Waals surface area contributed by atoms with Gasteiger partial charge in [0.25, 0.3) is 5.91 Å². The first-order valence-electron chi connectivity index (χ1n) is 10.4. The first-order valence-corrected chi connectivity index (χ1v) is 10.4. The van der Waals surface area contributed by atoms with Crippen LogP contribution in [0.1, 0.15) is 34.1 Å². The highest BCUT2D eigenvalue weighted by Gasteiger charge is 2.20. The summed E-state index contributed by atoms with van der Waals surface area (Å²) in [5.74, 6) is 0.257. The number of nitrogens with one attached hydrogen (secondary N) is 1. The van der Waals surface area contributed by atoms with Crippen LogP contribution in [-0.2, 0) is 12.8 Å². The SMILES string of the molecule is C/C(N)=C/c1cc(C(=O)NCCc2cc3c(c(-c4ccc(F)cc4)n2)OCC3)ccc1N. The van der Waals surface area contributed by atoms with E-state index in [2.05, 4.69) is 5.32 Å². The van der Waals surface area contributed by atoms with Crippen molar-refractivity contribution in [2.45, 2.75) is 19.8 Å². The largest absolute Gasteiger partial charge is 0.491 e. The molecule has 1 aliphatic heterocycles. The molecule has 0 saturated heterocycles. The van der Waals surface area contributed by atoms with E-state index >= 15 is 0 Å². The van der Waals surface area contributed by atoms with Gasteiger partial charge in [0, 0.05) is 53.2 Å². The molecule has 0 radical (unpaired) electrons. The van der Waals surface area contributed by atoms with Gasteiger partial charge in [-0.3, -0.25) is 4.79 Å². The Labute approximate surface area is 186 Å².